The molecule has 27 heavy (non-hydrogen) atoms. The fourth-order valence-corrected chi connectivity index (χ4v) is 2.94. The third kappa shape index (κ3) is 4.19. The average molecular weight is 372 g/mol. The Hall–Kier alpha value is -3.09. The minimum absolute atomic E-state index is 0.0877. The van der Waals surface area contributed by atoms with Crippen LogP contribution in [0.25, 0.3) is 0 Å². The van der Waals surface area contributed by atoms with Gasteiger partial charge in [-0.3, -0.25) is 9.59 Å². The Kier molecular flexibility index (Phi) is 5.30. The van der Waals surface area contributed by atoms with Gasteiger partial charge in [0.2, 0.25) is 11.8 Å². The van der Waals surface area contributed by atoms with Gasteiger partial charge < -0.3 is 19.7 Å². The molecular weight excluding hydrogens is 351 g/mol. The van der Waals surface area contributed by atoms with Crippen molar-refractivity contribution in [3.8, 4) is 17.2 Å². The van der Waals surface area contributed by atoms with Gasteiger partial charge in [0.05, 0.1) is 18.7 Å². The highest BCUT2D eigenvalue weighted by Gasteiger charge is 2.32. The molecule has 2 amide bonds. The second kappa shape index (κ2) is 7.65. The summed E-state index contributed by atoms with van der Waals surface area (Å²) in [6.45, 7) is 2.26. The van der Waals surface area contributed by atoms with Gasteiger partial charge in [-0.1, -0.05) is 6.07 Å². The van der Waals surface area contributed by atoms with E-state index in [4.69, 9.17) is 9.47 Å². The molecule has 1 atom stereocenters. The minimum atomic E-state index is -0.506. The number of carbonyl (C=O) groups is 2. The molecule has 142 valence electrons. The summed E-state index contributed by atoms with van der Waals surface area (Å²) in [5, 5.41) is 2.68. The lowest BCUT2D eigenvalue weighted by Gasteiger charge is -2.16. The molecular formula is C20H21FN2O4. The maximum absolute atomic E-state index is 13.7. The van der Waals surface area contributed by atoms with Crippen molar-refractivity contribution in [1.82, 2.24) is 4.90 Å². The average Bonchev–Trinajstić information content (AvgIpc) is 2.97. The van der Waals surface area contributed by atoms with Crippen molar-refractivity contribution >= 4 is 17.5 Å². The molecule has 1 N–H and O–H groups in total. The Labute approximate surface area is 156 Å². The third-order valence-corrected chi connectivity index (χ3v) is 4.45. The topological polar surface area (TPSA) is 67.9 Å². The SMILES string of the molecule is COc1cc(C)ccc1Oc1ccc(F)cc1NC(=O)C1CC(=O)N(C)C1. The highest BCUT2D eigenvalue weighted by atomic mass is 19.1. The summed E-state index contributed by atoms with van der Waals surface area (Å²) in [7, 11) is 3.18. The van der Waals surface area contributed by atoms with Crippen LogP contribution < -0.4 is 14.8 Å². The van der Waals surface area contributed by atoms with Crippen molar-refractivity contribution in [1.29, 1.82) is 0 Å². The molecule has 1 heterocycles. The van der Waals surface area contributed by atoms with Crippen LogP contribution in [0.3, 0.4) is 0 Å². The number of nitrogens with zero attached hydrogens (tertiary/aromatic N) is 1. The van der Waals surface area contributed by atoms with Gasteiger partial charge >= 0.3 is 0 Å². The number of ether oxygens (including phenoxy) is 2. The molecule has 1 unspecified atom stereocenters. The quantitative estimate of drug-likeness (QED) is 0.874. The van der Waals surface area contributed by atoms with E-state index in [-0.39, 0.29) is 29.7 Å². The number of anilines is 1. The van der Waals surface area contributed by atoms with Gasteiger partial charge in [-0.15, -0.1) is 0 Å². The van der Waals surface area contributed by atoms with Crippen LogP contribution in [0, 0.1) is 18.7 Å². The normalized spacial score (nSPS) is 16.4. The standard InChI is InChI=1S/C20H21FN2O4/c1-12-4-6-17(18(8-12)26-3)27-16-7-5-14(21)10-15(16)22-20(25)13-9-19(24)23(2)11-13/h4-8,10,13H,9,11H2,1-3H3,(H,22,25). The first-order valence-electron chi connectivity index (χ1n) is 8.54. The smallest absolute Gasteiger partial charge is 0.229 e. The van der Waals surface area contributed by atoms with Crippen LogP contribution in [-0.4, -0.2) is 37.4 Å². The number of halogens is 1. The Balaban J connectivity index is 1.83. The van der Waals surface area contributed by atoms with Crippen molar-refractivity contribution in [2.45, 2.75) is 13.3 Å². The number of hydrogen-bond acceptors (Lipinski definition) is 4. The number of carbonyl (C=O) groups excluding carboxylic acids is 2. The Morgan fingerprint density at radius 2 is 1.93 bits per heavy atom. The lowest BCUT2D eigenvalue weighted by atomic mass is 10.1. The predicted molar refractivity (Wildman–Crippen MR) is 98.6 cm³/mol. The molecule has 6 nitrogen and oxygen atoms in total. The molecule has 0 spiro atoms. The van der Waals surface area contributed by atoms with E-state index in [0.717, 1.165) is 5.56 Å². The van der Waals surface area contributed by atoms with Gasteiger partial charge in [0.15, 0.2) is 17.2 Å². The molecule has 1 fully saturated rings. The second-order valence-corrected chi connectivity index (χ2v) is 6.56. The first-order valence-corrected chi connectivity index (χ1v) is 8.54. The molecule has 0 aliphatic carbocycles. The summed E-state index contributed by atoms with van der Waals surface area (Å²) in [4.78, 5) is 25.7. The van der Waals surface area contributed by atoms with Crippen LogP contribution in [0.4, 0.5) is 10.1 Å². The van der Waals surface area contributed by atoms with E-state index < -0.39 is 11.7 Å². The van der Waals surface area contributed by atoms with Crippen molar-refractivity contribution < 1.29 is 23.5 Å². The van der Waals surface area contributed by atoms with Crippen LogP contribution in [0.5, 0.6) is 17.2 Å². The summed E-state index contributed by atoms with van der Waals surface area (Å²) < 4.78 is 24.9. The highest BCUT2D eigenvalue weighted by molar-refractivity contribution is 5.98. The monoisotopic (exact) mass is 372 g/mol. The van der Waals surface area contributed by atoms with Crippen molar-refractivity contribution in [3.63, 3.8) is 0 Å². The number of methoxy groups -OCH3 is 1. The molecule has 0 aromatic heterocycles. The number of benzene rings is 2. The van der Waals surface area contributed by atoms with E-state index in [0.29, 0.717) is 18.0 Å². The molecule has 0 bridgehead atoms. The molecule has 0 saturated carbocycles. The first kappa shape index (κ1) is 18.7. The Bertz CT molecular complexity index is 884. The van der Waals surface area contributed by atoms with Crippen molar-refractivity contribution in [3.05, 3.63) is 47.8 Å². The third-order valence-electron chi connectivity index (χ3n) is 4.45. The summed E-state index contributed by atoms with van der Waals surface area (Å²) >= 11 is 0. The van der Waals surface area contributed by atoms with Gasteiger partial charge in [-0.05, 0) is 36.8 Å². The number of amides is 2. The fraction of sp³-hybridized carbons (Fsp3) is 0.300. The summed E-state index contributed by atoms with van der Waals surface area (Å²) in [5.74, 6) is -0.167. The number of rotatable bonds is 5. The van der Waals surface area contributed by atoms with E-state index in [1.165, 1.54) is 30.2 Å². The number of hydrogen-bond donors (Lipinski definition) is 1. The lowest BCUT2D eigenvalue weighted by molar-refractivity contribution is -0.127. The van der Waals surface area contributed by atoms with E-state index in [2.05, 4.69) is 5.32 Å². The zero-order valence-corrected chi connectivity index (χ0v) is 15.4. The van der Waals surface area contributed by atoms with E-state index in [1.54, 1.807) is 13.1 Å². The maximum atomic E-state index is 13.7. The van der Waals surface area contributed by atoms with Crippen LogP contribution in [0.2, 0.25) is 0 Å². The molecule has 7 heteroatoms. The second-order valence-electron chi connectivity index (χ2n) is 6.56. The molecule has 1 aliphatic rings. The van der Waals surface area contributed by atoms with Gasteiger partial charge in [-0.2, -0.15) is 0 Å². The molecule has 2 aromatic rings. The fourth-order valence-electron chi connectivity index (χ4n) is 2.94. The van der Waals surface area contributed by atoms with E-state index >= 15 is 0 Å². The van der Waals surface area contributed by atoms with Gasteiger partial charge in [0.1, 0.15) is 5.82 Å². The number of aryl methyl sites for hydroxylation is 1. The van der Waals surface area contributed by atoms with E-state index in [1.807, 2.05) is 19.1 Å². The van der Waals surface area contributed by atoms with Crippen LogP contribution in [0.1, 0.15) is 12.0 Å². The largest absolute Gasteiger partial charge is 0.493 e. The minimum Gasteiger partial charge on any atom is -0.493 e. The van der Waals surface area contributed by atoms with E-state index in [9.17, 15) is 14.0 Å². The highest BCUT2D eigenvalue weighted by Crippen LogP contribution is 2.36. The molecule has 1 saturated heterocycles. The summed E-state index contributed by atoms with van der Waals surface area (Å²) in [6.07, 6.45) is 0.139. The molecule has 0 radical (unpaired) electrons. The van der Waals surface area contributed by atoms with Gasteiger partial charge in [-0.25, -0.2) is 4.39 Å². The van der Waals surface area contributed by atoms with Crippen LogP contribution >= 0.6 is 0 Å². The Morgan fingerprint density at radius 3 is 2.59 bits per heavy atom. The van der Waals surface area contributed by atoms with Crippen LogP contribution in [-0.2, 0) is 9.59 Å². The summed E-state index contributed by atoms with van der Waals surface area (Å²) in [5.41, 5.74) is 1.20. The zero-order chi connectivity index (χ0) is 19.6. The zero-order valence-electron chi connectivity index (χ0n) is 15.4. The first-order chi connectivity index (χ1) is 12.9. The molecule has 2 aromatic carbocycles. The maximum Gasteiger partial charge on any atom is 0.229 e. The molecule has 1 aliphatic heterocycles. The number of nitrogens with one attached hydrogen (secondary N) is 1. The molecule has 3 rings (SSSR count). The van der Waals surface area contributed by atoms with Gasteiger partial charge in [0, 0.05) is 26.1 Å². The lowest BCUT2D eigenvalue weighted by Crippen LogP contribution is -2.25. The van der Waals surface area contributed by atoms with Crippen LogP contribution in [0.15, 0.2) is 36.4 Å². The summed E-state index contributed by atoms with van der Waals surface area (Å²) in [6, 6.07) is 9.30. The van der Waals surface area contributed by atoms with Gasteiger partial charge in [0.25, 0.3) is 0 Å². The van der Waals surface area contributed by atoms with Crippen molar-refractivity contribution in [2.24, 2.45) is 5.92 Å². The Morgan fingerprint density at radius 1 is 1.19 bits per heavy atom. The predicted octanol–water partition coefficient (Wildman–Crippen LogP) is 3.35. The number of likely N-dealkylation sites (tertiary alicyclic amines) is 1. The van der Waals surface area contributed by atoms with Crippen molar-refractivity contribution in [2.75, 3.05) is 26.0 Å².